The fraction of sp³-hybridized carbons (Fsp3) is 0.206. The summed E-state index contributed by atoms with van der Waals surface area (Å²) >= 11 is 1.72. The number of hydrogen-bond acceptors (Lipinski definition) is 4. The van der Waals surface area contributed by atoms with Gasteiger partial charge in [-0.2, -0.15) is 9.84 Å². The van der Waals surface area contributed by atoms with E-state index in [4.69, 9.17) is 0 Å². The van der Waals surface area contributed by atoms with Crippen LogP contribution in [-0.4, -0.2) is 22.4 Å². The molecule has 0 atom stereocenters. The normalized spacial score (nSPS) is 15.2. The molecular formula is C63H59N4S+. The molecule has 0 radical (unpaired) electrons. The summed E-state index contributed by atoms with van der Waals surface area (Å²) in [6.45, 7) is 4.59. The average molecular weight is 904 g/mol. The molecule has 5 heteroatoms. The first-order chi connectivity index (χ1) is 33.7. The van der Waals surface area contributed by atoms with Crippen LogP contribution in [0.1, 0.15) is 91.3 Å². The number of hydrogen-bond donors (Lipinski definition) is 0. The fourth-order valence-corrected chi connectivity index (χ4v) is 12.0. The Hall–Kier alpha value is -7.26. The molecule has 0 aliphatic heterocycles. The molecule has 0 saturated heterocycles. The van der Waals surface area contributed by atoms with Crippen LogP contribution in [-0.2, 0) is 6.54 Å². The Bertz CT molecular complexity index is 2960. The van der Waals surface area contributed by atoms with Gasteiger partial charge >= 0.3 is 0 Å². The number of benzene rings is 6. The summed E-state index contributed by atoms with van der Waals surface area (Å²) < 4.78 is 2.58. The summed E-state index contributed by atoms with van der Waals surface area (Å²) in [5.41, 5.74) is 14.2. The van der Waals surface area contributed by atoms with Crippen LogP contribution >= 0.6 is 11.3 Å². The van der Waals surface area contributed by atoms with E-state index < -0.39 is 0 Å². The van der Waals surface area contributed by atoms with E-state index in [0.717, 1.165) is 54.5 Å². The second-order valence-electron chi connectivity index (χ2n) is 18.3. The predicted octanol–water partition coefficient (Wildman–Crippen LogP) is 16.8. The SMILES string of the molecule is C=Cc1ccc(CN(c2ccccc2)c2sc(C(=C3C=CC(=[N+](c4ccccc4)C4CCCCC4)C=C3)c3ccc(N(c4ccccc4)C4CCCCC4)cc3)c(-c3ccccc3)c2C#N)cc1. The van der Waals surface area contributed by atoms with Gasteiger partial charge in [-0.1, -0.05) is 160 Å². The van der Waals surface area contributed by atoms with Crippen molar-refractivity contribution in [1.29, 1.82) is 5.26 Å². The molecule has 10 rings (SSSR count). The van der Waals surface area contributed by atoms with E-state index in [9.17, 15) is 5.26 Å². The number of anilines is 4. The van der Waals surface area contributed by atoms with Crippen molar-refractivity contribution >= 4 is 56.4 Å². The number of nitrogens with zero attached hydrogens (tertiary/aromatic N) is 4. The lowest BCUT2D eigenvalue weighted by atomic mass is 9.89. The Morgan fingerprint density at radius 3 is 1.78 bits per heavy atom. The maximum Gasteiger partial charge on any atom is 0.205 e. The summed E-state index contributed by atoms with van der Waals surface area (Å²) in [7, 11) is 0. The molecule has 336 valence electrons. The maximum atomic E-state index is 11.5. The molecular weight excluding hydrogens is 845 g/mol. The summed E-state index contributed by atoms with van der Waals surface area (Å²) in [5, 5.41) is 12.4. The third-order valence-corrected chi connectivity index (χ3v) is 15.2. The largest absolute Gasteiger partial charge is 0.338 e. The van der Waals surface area contributed by atoms with Gasteiger partial charge in [0.25, 0.3) is 0 Å². The molecule has 2 fully saturated rings. The summed E-state index contributed by atoms with van der Waals surface area (Å²) in [6, 6.07) is 64.5. The van der Waals surface area contributed by atoms with Gasteiger partial charge in [0, 0.05) is 82.8 Å². The highest BCUT2D eigenvalue weighted by molar-refractivity contribution is 7.18. The van der Waals surface area contributed by atoms with Crippen LogP contribution < -0.4 is 9.80 Å². The van der Waals surface area contributed by atoms with Gasteiger partial charge in [0.2, 0.25) is 11.4 Å². The van der Waals surface area contributed by atoms with E-state index in [0.29, 0.717) is 24.2 Å². The Labute approximate surface area is 407 Å². The Morgan fingerprint density at radius 2 is 1.18 bits per heavy atom. The van der Waals surface area contributed by atoms with Crippen LogP contribution in [0.5, 0.6) is 0 Å². The quantitative estimate of drug-likeness (QED) is 0.108. The van der Waals surface area contributed by atoms with Gasteiger partial charge in [-0.25, -0.2) is 0 Å². The smallest absolute Gasteiger partial charge is 0.205 e. The van der Waals surface area contributed by atoms with E-state index >= 15 is 0 Å². The number of allylic oxidation sites excluding steroid dienone is 5. The molecule has 0 spiro atoms. The highest BCUT2D eigenvalue weighted by Gasteiger charge is 2.31. The monoisotopic (exact) mass is 903 g/mol. The molecule has 0 N–H and O–H groups in total. The Morgan fingerprint density at radius 1 is 0.618 bits per heavy atom. The highest BCUT2D eigenvalue weighted by atomic mass is 32.1. The summed E-state index contributed by atoms with van der Waals surface area (Å²) in [6.07, 6.45) is 23.6. The van der Waals surface area contributed by atoms with Crippen LogP contribution in [0.2, 0.25) is 0 Å². The molecule has 4 nitrogen and oxygen atoms in total. The molecule has 1 aromatic heterocycles. The lowest BCUT2D eigenvalue weighted by Crippen LogP contribution is -2.32. The van der Waals surface area contributed by atoms with Gasteiger partial charge in [0.05, 0.1) is 5.56 Å². The zero-order chi connectivity index (χ0) is 46.1. The van der Waals surface area contributed by atoms with Gasteiger partial charge in [-0.3, -0.25) is 0 Å². The molecule has 68 heavy (non-hydrogen) atoms. The molecule has 0 bridgehead atoms. The predicted molar refractivity (Wildman–Crippen MR) is 288 cm³/mol. The first kappa shape index (κ1) is 44.6. The molecule has 7 aromatic rings. The molecule has 0 amide bonds. The second kappa shape index (κ2) is 21.1. The van der Waals surface area contributed by atoms with Crippen molar-refractivity contribution in [2.24, 2.45) is 0 Å². The van der Waals surface area contributed by atoms with Crippen LogP contribution in [0, 0.1) is 11.3 Å². The average Bonchev–Trinajstić information content (AvgIpc) is 3.79. The highest BCUT2D eigenvalue weighted by Crippen LogP contribution is 2.50. The van der Waals surface area contributed by atoms with Crippen molar-refractivity contribution < 1.29 is 4.58 Å². The molecule has 6 aromatic carbocycles. The topological polar surface area (TPSA) is 33.3 Å². The zero-order valence-electron chi connectivity index (χ0n) is 38.9. The number of rotatable bonds is 13. The standard InChI is InChI=1S/C63H59N4S/c1-2-47-33-35-48(36-34-47)46-65(52-23-11-4-12-24-52)63-59(45-64)61(49-21-9-3-10-22-49)62(68-63)60(50-37-41-57(42-38-50)66(53-25-13-5-14-26-53)54-27-15-6-16-28-54)51-39-43-58(44-40-51)67(55-29-17-7-18-30-55)56-31-19-8-20-32-56/h2-5,7,9-14,17-18,21-26,29-30,33-44,54,56H,1,6,8,15-16,19-20,27-28,31-32,46H2/q+1. The minimum Gasteiger partial charge on any atom is -0.338 e. The Kier molecular flexibility index (Phi) is 13.9. The summed E-state index contributed by atoms with van der Waals surface area (Å²) in [5.74, 6) is 0. The number of nitriles is 1. The van der Waals surface area contributed by atoms with Crippen molar-refractivity contribution in [3.8, 4) is 17.2 Å². The number of para-hydroxylation sites is 3. The Balaban J connectivity index is 1.18. The first-order valence-electron chi connectivity index (χ1n) is 24.6. The van der Waals surface area contributed by atoms with Crippen molar-refractivity contribution in [3.63, 3.8) is 0 Å². The van der Waals surface area contributed by atoms with Crippen LogP contribution in [0.15, 0.2) is 206 Å². The molecule has 0 unspecified atom stereocenters. The van der Waals surface area contributed by atoms with Gasteiger partial charge in [-0.15, -0.1) is 11.3 Å². The second-order valence-corrected chi connectivity index (χ2v) is 19.3. The molecule has 2 saturated carbocycles. The van der Waals surface area contributed by atoms with Gasteiger partial charge in [0.1, 0.15) is 11.1 Å². The third kappa shape index (κ3) is 9.61. The lowest BCUT2D eigenvalue weighted by Gasteiger charge is -2.36. The molecule has 3 aliphatic carbocycles. The van der Waals surface area contributed by atoms with E-state index in [1.165, 1.54) is 87.0 Å². The van der Waals surface area contributed by atoms with Crippen molar-refractivity contribution in [1.82, 2.24) is 0 Å². The van der Waals surface area contributed by atoms with E-state index in [1.807, 2.05) is 6.08 Å². The van der Waals surface area contributed by atoms with Gasteiger partial charge in [0.15, 0.2) is 6.04 Å². The third-order valence-electron chi connectivity index (χ3n) is 14.0. The molecule has 1 heterocycles. The van der Waals surface area contributed by atoms with Crippen LogP contribution in [0.4, 0.5) is 27.8 Å². The van der Waals surface area contributed by atoms with Crippen molar-refractivity contribution in [2.75, 3.05) is 9.80 Å². The van der Waals surface area contributed by atoms with Gasteiger partial charge in [-0.05, 0) is 102 Å². The summed E-state index contributed by atoms with van der Waals surface area (Å²) in [4.78, 5) is 5.98. The van der Waals surface area contributed by atoms with Crippen molar-refractivity contribution in [2.45, 2.75) is 82.8 Å². The van der Waals surface area contributed by atoms with E-state index in [1.54, 1.807) is 11.3 Å². The fourth-order valence-electron chi connectivity index (χ4n) is 10.6. The first-order valence-corrected chi connectivity index (χ1v) is 25.4. The number of thiophene rings is 1. The minimum absolute atomic E-state index is 0.449. The van der Waals surface area contributed by atoms with Crippen LogP contribution in [0.25, 0.3) is 22.8 Å². The maximum absolute atomic E-state index is 11.5. The zero-order valence-corrected chi connectivity index (χ0v) is 39.7. The minimum atomic E-state index is 0.449. The molecule has 3 aliphatic rings. The van der Waals surface area contributed by atoms with E-state index in [-0.39, 0.29) is 0 Å². The van der Waals surface area contributed by atoms with E-state index in [2.05, 4.69) is 221 Å². The van der Waals surface area contributed by atoms with Crippen LogP contribution in [0.3, 0.4) is 0 Å². The lowest BCUT2D eigenvalue weighted by molar-refractivity contribution is -0.488. The van der Waals surface area contributed by atoms with Crippen molar-refractivity contribution in [3.05, 3.63) is 233 Å². The van der Waals surface area contributed by atoms with Gasteiger partial charge < -0.3 is 9.80 Å².